The number of nitrogens with zero attached hydrogens (tertiary/aromatic N) is 2. The fourth-order valence-electron chi connectivity index (χ4n) is 4.45. The number of fused-ring (bicyclic) bond motifs is 1. The van der Waals surface area contributed by atoms with Crippen LogP contribution in [0.25, 0.3) is 0 Å². The first-order chi connectivity index (χ1) is 13.7. The van der Waals surface area contributed by atoms with Crippen LogP contribution in [0.2, 0.25) is 0 Å². The first kappa shape index (κ1) is 20.4. The summed E-state index contributed by atoms with van der Waals surface area (Å²) in [5, 5.41) is 2.72. The average Bonchev–Trinajstić information content (AvgIpc) is 3.17. The molecule has 0 spiro atoms. The molecule has 158 valence electrons. The molecule has 3 saturated heterocycles. The third-order valence-corrected chi connectivity index (χ3v) is 7.53. The summed E-state index contributed by atoms with van der Waals surface area (Å²) in [5.41, 5.74) is -0.0272. The molecule has 4 rings (SSSR count). The molecule has 2 atom stereocenters. The Labute approximate surface area is 172 Å². The Bertz CT molecular complexity index is 826. The number of carbonyl (C=O) groups is 2. The van der Waals surface area contributed by atoms with Crippen molar-refractivity contribution in [3.63, 3.8) is 0 Å². The van der Waals surface area contributed by atoms with Gasteiger partial charge in [0, 0.05) is 25.3 Å². The first-order valence-corrected chi connectivity index (χ1v) is 10.9. The van der Waals surface area contributed by atoms with Crippen LogP contribution in [0.1, 0.15) is 44.6 Å². The third kappa shape index (κ3) is 3.81. The van der Waals surface area contributed by atoms with E-state index in [2.05, 4.69) is 5.32 Å². The summed E-state index contributed by atoms with van der Waals surface area (Å²) >= 11 is 1.56. The van der Waals surface area contributed by atoms with E-state index in [1.54, 1.807) is 16.7 Å². The van der Waals surface area contributed by atoms with E-state index in [1.807, 2.05) is 11.8 Å². The molecular formula is C20H24F3N3O2S. The normalized spacial score (nSPS) is 27.3. The maximum absolute atomic E-state index is 13.3. The molecule has 3 fully saturated rings. The minimum atomic E-state index is -4.49. The van der Waals surface area contributed by atoms with Gasteiger partial charge >= 0.3 is 6.18 Å². The maximum Gasteiger partial charge on any atom is 0.416 e. The highest BCUT2D eigenvalue weighted by molar-refractivity contribution is 8.01. The monoisotopic (exact) mass is 427 g/mol. The number of hydrogen-bond acceptors (Lipinski definition) is 4. The van der Waals surface area contributed by atoms with E-state index < -0.39 is 28.6 Å². The minimum absolute atomic E-state index is 0.0713. The Kier molecular flexibility index (Phi) is 5.21. The van der Waals surface area contributed by atoms with Crippen LogP contribution < -0.4 is 10.2 Å². The summed E-state index contributed by atoms with van der Waals surface area (Å²) < 4.78 is 39.8. The molecule has 0 aliphatic carbocycles. The molecule has 29 heavy (non-hydrogen) atoms. The van der Waals surface area contributed by atoms with Crippen LogP contribution in [0.5, 0.6) is 0 Å². The van der Waals surface area contributed by atoms with Gasteiger partial charge in [0.25, 0.3) is 0 Å². The smallest absolute Gasteiger partial charge is 0.370 e. The van der Waals surface area contributed by atoms with E-state index in [0.29, 0.717) is 24.3 Å². The molecule has 3 aliphatic heterocycles. The summed E-state index contributed by atoms with van der Waals surface area (Å²) in [5.74, 6) is -0.0430. The maximum atomic E-state index is 13.3. The molecule has 5 nitrogen and oxygen atoms in total. The van der Waals surface area contributed by atoms with Gasteiger partial charge in [-0.25, -0.2) is 0 Å². The van der Waals surface area contributed by atoms with Crippen LogP contribution in [-0.4, -0.2) is 46.5 Å². The lowest BCUT2D eigenvalue weighted by atomic mass is 10.1. The lowest BCUT2D eigenvalue weighted by Crippen LogP contribution is -2.48. The summed E-state index contributed by atoms with van der Waals surface area (Å²) in [7, 11) is 0. The highest BCUT2D eigenvalue weighted by atomic mass is 32.2. The molecule has 2 amide bonds. The van der Waals surface area contributed by atoms with Crippen molar-refractivity contribution in [3.05, 3.63) is 23.8 Å². The molecule has 0 bridgehead atoms. The SMILES string of the molecule is C[C@@]12CCC(=O)N1[C@H](C(=O)Nc1cc(C(F)(F)F)ccc1N1CCCCC1)CS2. The van der Waals surface area contributed by atoms with Gasteiger partial charge in [-0.1, -0.05) is 0 Å². The van der Waals surface area contributed by atoms with E-state index in [9.17, 15) is 22.8 Å². The zero-order valence-electron chi connectivity index (χ0n) is 16.2. The Balaban J connectivity index is 1.62. The Morgan fingerprint density at radius 2 is 1.97 bits per heavy atom. The van der Waals surface area contributed by atoms with E-state index in [0.717, 1.165) is 44.5 Å². The van der Waals surface area contributed by atoms with Gasteiger partial charge in [-0.15, -0.1) is 11.8 Å². The van der Waals surface area contributed by atoms with Crippen LogP contribution in [-0.2, 0) is 15.8 Å². The zero-order valence-corrected chi connectivity index (χ0v) is 17.0. The topological polar surface area (TPSA) is 52.7 Å². The van der Waals surface area contributed by atoms with Gasteiger partial charge < -0.3 is 15.1 Å². The number of rotatable bonds is 3. The number of halogens is 3. The number of thioether (sulfide) groups is 1. The number of nitrogens with one attached hydrogen (secondary N) is 1. The molecule has 0 radical (unpaired) electrons. The van der Waals surface area contributed by atoms with Crippen molar-refractivity contribution in [2.75, 3.05) is 29.1 Å². The second kappa shape index (κ2) is 7.41. The summed E-state index contributed by atoms with van der Waals surface area (Å²) in [6.07, 6.45) is -0.387. The number of anilines is 2. The van der Waals surface area contributed by atoms with Gasteiger partial charge in [0.05, 0.1) is 21.8 Å². The fourth-order valence-corrected chi connectivity index (χ4v) is 5.89. The first-order valence-electron chi connectivity index (χ1n) is 9.92. The van der Waals surface area contributed by atoms with Gasteiger partial charge in [0.2, 0.25) is 11.8 Å². The third-order valence-electron chi connectivity index (χ3n) is 6.03. The largest absolute Gasteiger partial charge is 0.416 e. The molecule has 1 aromatic rings. The molecule has 3 aliphatic rings. The lowest BCUT2D eigenvalue weighted by molar-refractivity contribution is -0.137. The fraction of sp³-hybridized carbons (Fsp3) is 0.600. The molecule has 1 aromatic carbocycles. The summed E-state index contributed by atoms with van der Waals surface area (Å²) in [6.45, 7) is 3.44. The summed E-state index contributed by atoms with van der Waals surface area (Å²) in [6, 6.07) is 2.85. The highest BCUT2D eigenvalue weighted by Gasteiger charge is 2.53. The van der Waals surface area contributed by atoms with Crippen molar-refractivity contribution in [1.82, 2.24) is 4.90 Å². The van der Waals surface area contributed by atoms with Gasteiger partial charge in [-0.3, -0.25) is 9.59 Å². The van der Waals surface area contributed by atoms with Crippen molar-refractivity contribution in [3.8, 4) is 0 Å². The number of carbonyl (C=O) groups excluding carboxylic acids is 2. The second-order valence-corrected chi connectivity index (χ2v) is 9.53. The number of amides is 2. The lowest BCUT2D eigenvalue weighted by Gasteiger charge is -2.32. The molecule has 0 aromatic heterocycles. The number of alkyl halides is 3. The number of piperidine rings is 1. The predicted molar refractivity (Wildman–Crippen MR) is 107 cm³/mol. The molecular weight excluding hydrogens is 403 g/mol. The van der Waals surface area contributed by atoms with E-state index >= 15 is 0 Å². The predicted octanol–water partition coefficient (Wildman–Crippen LogP) is 4.09. The Hall–Kier alpha value is -1.90. The van der Waals surface area contributed by atoms with Gasteiger partial charge in [-0.2, -0.15) is 13.2 Å². The van der Waals surface area contributed by atoms with Crippen molar-refractivity contribution >= 4 is 35.0 Å². The van der Waals surface area contributed by atoms with Gasteiger partial charge in [0.1, 0.15) is 6.04 Å². The zero-order chi connectivity index (χ0) is 20.8. The summed E-state index contributed by atoms with van der Waals surface area (Å²) in [4.78, 5) is 28.6. The second-order valence-electron chi connectivity index (χ2n) is 8.03. The van der Waals surface area contributed by atoms with E-state index in [1.165, 1.54) is 6.07 Å². The number of hydrogen-bond donors (Lipinski definition) is 1. The molecule has 0 saturated carbocycles. The van der Waals surface area contributed by atoms with Crippen molar-refractivity contribution in [2.24, 2.45) is 0 Å². The van der Waals surface area contributed by atoms with Crippen LogP contribution >= 0.6 is 11.8 Å². The van der Waals surface area contributed by atoms with Crippen molar-refractivity contribution in [2.45, 2.75) is 56.1 Å². The number of benzene rings is 1. The van der Waals surface area contributed by atoms with Crippen LogP contribution in [0.15, 0.2) is 18.2 Å². The van der Waals surface area contributed by atoms with Crippen molar-refractivity contribution < 1.29 is 22.8 Å². The molecule has 0 unspecified atom stereocenters. The van der Waals surface area contributed by atoms with Gasteiger partial charge in [-0.05, 0) is 50.8 Å². The molecule has 9 heteroatoms. The van der Waals surface area contributed by atoms with E-state index in [-0.39, 0.29) is 11.6 Å². The quantitative estimate of drug-likeness (QED) is 0.790. The Morgan fingerprint density at radius 1 is 1.24 bits per heavy atom. The molecule has 3 heterocycles. The highest BCUT2D eigenvalue weighted by Crippen LogP contribution is 2.47. The van der Waals surface area contributed by atoms with Gasteiger partial charge in [0.15, 0.2) is 0 Å². The van der Waals surface area contributed by atoms with E-state index in [4.69, 9.17) is 0 Å². The van der Waals surface area contributed by atoms with Crippen LogP contribution in [0, 0.1) is 0 Å². The van der Waals surface area contributed by atoms with Crippen molar-refractivity contribution in [1.29, 1.82) is 0 Å². The van der Waals surface area contributed by atoms with Crippen LogP contribution in [0.3, 0.4) is 0 Å². The van der Waals surface area contributed by atoms with Crippen LogP contribution in [0.4, 0.5) is 24.5 Å². The minimum Gasteiger partial charge on any atom is -0.370 e. The standard InChI is InChI=1S/C20H24F3N3O2S/c1-19-8-7-17(27)26(19)16(12-29-19)18(28)24-14-11-13(20(21,22)23)5-6-15(14)25-9-3-2-4-10-25/h5-6,11,16H,2-4,7-10,12H2,1H3,(H,24,28)/t16-,19+/m0/s1. The average molecular weight is 427 g/mol. The molecule has 1 N–H and O–H groups in total. The Morgan fingerprint density at radius 3 is 2.66 bits per heavy atom.